The molecule has 3 rings (SSSR count). The highest BCUT2D eigenvalue weighted by Gasteiger charge is 2.31. The molecule has 2 aliphatic rings. The molecule has 0 bridgehead atoms. The molecule has 1 aliphatic heterocycles. The van der Waals surface area contributed by atoms with Gasteiger partial charge in [0.2, 0.25) is 5.91 Å². The second-order valence-electron chi connectivity index (χ2n) is 8.28. The van der Waals surface area contributed by atoms with Gasteiger partial charge in [-0.3, -0.25) is 14.5 Å². The molecule has 1 aromatic carbocycles. The van der Waals surface area contributed by atoms with Crippen LogP contribution in [0.1, 0.15) is 56.8 Å². The molecule has 27 heavy (non-hydrogen) atoms. The molecule has 1 heterocycles. The van der Waals surface area contributed by atoms with Crippen LogP contribution in [0, 0.1) is 5.92 Å². The molecule has 0 spiro atoms. The number of nitrogens with zero attached hydrogens (tertiary/aromatic N) is 2. The molecule has 1 saturated heterocycles. The molecule has 1 N–H and O–H groups in total. The number of benzene rings is 1. The van der Waals surface area contributed by atoms with Crippen LogP contribution in [0.2, 0.25) is 0 Å². The van der Waals surface area contributed by atoms with E-state index in [1.165, 1.54) is 0 Å². The van der Waals surface area contributed by atoms with Crippen LogP contribution in [0.25, 0.3) is 0 Å². The molecule has 5 heteroatoms. The van der Waals surface area contributed by atoms with Crippen molar-refractivity contribution in [2.45, 2.75) is 58.5 Å². The third-order valence-electron chi connectivity index (χ3n) is 6.09. The number of ketones is 1. The van der Waals surface area contributed by atoms with Crippen molar-refractivity contribution < 1.29 is 9.59 Å². The fourth-order valence-corrected chi connectivity index (χ4v) is 4.24. The second kappa shape index (κ2) is 8.87. The molecular weight excluding hydrogens is 338 g/mol. The number of anilines is 1. The van der Waals surface area contributed by atoms with Gasteiger partial charge in [0.05, 0.1) is 0 Å². The summed E-state index contributed by atoms with van der Waals surface area (Å²) in [6, 6.07) is 8.67. The van der Waals surface area contributed by atoms with Gasteiger partial charge in [-0.05, 0) is 70.7 Å². The van der Waals surface area contributed by atoms with Gasteiger partial charge in [-0.1, -0.05) is 0 Å². The van der Waals surface area contributed by atoms with Gasteiger partial charge in [0.15, 0.2) is 5.78 Å². The highest BCUT2D eigenvalue weighted by Crippen LogP contribution is 2.28. The predicted molar refractivity (Wildman–Crippen MR) is 109 cm³/mol. The zero-order valence-electron chi connectivity index (χ0n) is 16.9. The molecule has 1 aliphatic carbocycles. The first-order valence-electron chi connectivity index (χ1n) is 10.3. The van der Waals surface area contributed by atoms with E-state index >= 15 is 0 Å². The smallest absolute Gasteiger partial charge is 0.225 e. The van der Waals surface area contributed by atoms with Crippen molar-refractivity contribution in [2.75, 3.05) is 31.5 Å². The lowest BCUT2D eigenvalue weighted by atomic mass is 9.85. The molecule has 1 aromatic rings. The molecule has 1 amide bonds. The third-order valence-corrected chi connectivity index (χ3v) is 6.09. The summed E-state index contributed by atoms with van der Waals surface area (Å²) in [5.41, 5.74) is 1.80. The molecule has 1 saturated carbocycles. The highest BCUT2D eigenvalue weighted by molar-refractivity contribution is 5.94. The third kappa shape index (κ3) is 5.10. The number of hydrogen-bond donors (Lipinski definition) is 1. The summed E-state index contributed by atoms with van der Waals surface area (Å²) < 4.78 is 0. The van der Waals surface area contributed by atoms with Crippen molar-refractivity contribution in [1.82, 2.24) is 9.80 Å². The van der Waals surface area contributed by atoms with E-state index in [1.807, 2.05) is 24.3 Å². The molecular formula is C22H33N3O2. The lowest BCUT2D eigenvalue weighted by molar-refractivity contribution is -0.138. The van der Waals surface area contributed by atoms with Gasteiger partial charge in [0, 0.05) is 55.4 Å². The van der Waals surface area contributed by atoms with Crippen LogP contribution in [0.5, 0.6) is 0 Å². The van der Waals surface area contributed by atoms with Crippen molar-refractivity contribution >= 4 is 17.4 Å². The van der Waals surface area contributed by atoms with Gasteiger partial charge in [0.1, 0.15) is 0 Å². The lowest BCUT2D eigenvalue weighted by Gasteiger charge is -2.39. The van der Waals surface area contributed by atoms with Crippen molar-refractivity contribution in [1.29, 1.82) is 0 Å². The number of rotatable bonds is 5. The van der Waals surface area contributed by atoms with E-state index in [-0.39, 0.29) is 11.7 Å². The Bertz CT molecular complexity index is 640. The van der Waals surface area contributed by atoms with Crippen LogP contribution in [0.15, 0.2) is 24.3 Å². The Balaban J connectivity index is 1.44. The number of amides is 1. The van der Waals surface area contributed by atoms with E-state index in [0.29, 0.717) is 18.0 Å². The summed E-state index contributed by atoms with van der Waals surface area (Å²) in [6.07, 6.45) is 3.98. The fraction of sp³-hybridized carbons (Fsp3) is 0.636. The molecule has 148 valence electrons. The summed E-state index contributed by atoms with van der Waals surface area (Å²) >= 11 is 0. The van der Waals surface area contributed by atoms with Gasteiger partial charge >= 0.3 is 0 Å². The Morgan fingerprint density at radius 1 is 0.963 bits per heavy atom. The van der Waals surface area contributed by atoms with Crippen molar-refractivity contribution in [3.05, 3.63) is 29.8 Å². The van der Waals surface area contributed by atoms with Crippen LogP contribution >= 0.6 is 0 Å². The zero-order valence-corrected chi connectivity index (χ0v) is 16.9. The van der Waals surface area contributed by atoms with Crippen molar-refractivity contribution in [3.63, 3.8) is 0 Å². The summed E-state index contributed by atoms with van der Waals surface area (Å²) in [6.45, 7) is 9.77. The average molecular weight is 372 g/mol. The second-order valence-corrected chi connectivity index (χ2v) is 8.28. The quantitative estimate of drug-likeness (QED) is 0.806. The number of nitrogens with one attached hydrogen (secondary N) is 1. The molecule has 0 radical (unpaired) electrons. The van der Waals surface area contributed by atoms with Gasteiger partial charge < -0.3 is 10.2 Å². The Hall–Kier alpha value is -1.88. The minimum absolute atomic E-state index is 0.0924. The summed E-state index contributed by atoms with van der Waals surface area (Å²) in [4.78, 5) is 28.7. The van der Waals surface area contributed by atoms with Gasteiger partial charge in [-0.15, -0.1) is 0 Å². The topological polar surface area (TPSA) is 52.7 Å². The predicted octanol–water partition coefficient (Wildman–Crippen LogP) is 3.41. The molecule has 0 aromatic heterocycles. The Labute approximate surface area is 163 Å². The minimum atomic E-state index is 0.0924. The first-order chi connectivity index (χ1) is 12.9. The maximum absolute atomic E-state index is 12.9. The van der Waals surface area contributed by atoms with Crippen LogP contribution in [0.4, 0.5) is 5.69 Å². The first kappa shape index (κ1) is 19.9. The number of Topliss-reactive ketones (excluding diaryl/α,β-unsaturated/α-hetero) is 1. The Morgan fingerprint density at radius 2 is 1.56 bits per heavy atom. The molecule has 2 fully saturated rings. The molecule has 0 unspecified atom stereocenters. The highest BCUT2D eigenvalue weighted by atomic mass is 16.2. The van der Waals surface area contributed by atoms with E-state index in [2.05, 4.69) is 29.0 Å². The van der Waals surface area contributed by atoms with Gasteiger partial charge in [-0.2, -0.15) is 0 Å². The summed E-state index contributed by atoms with van der Waals surface area (Å²) in [5, 5.41) is 3.56. The average Bonchev–Trinajstić information content (AvgIpc) is 2.68. The molecule has 5 nitrogen and oxygen atoms in total. The Kier molecular flexibility index (Phi) is 6.53. The van der Waals surface area contributed by atoms with Crippen LogP contribution in [-0.4, -0.2) is 59.8 Å². The van der Waals surface area contributed by atoms with E-state index in [4.69, 9.17) is 0 Å². The van der Waals surface area contributed by atoms with Crippen molar-refractivity contribution in [3.8, 4) is 0 Å². The fourth-order valence-electron chi connectivity index (χ4n) is 4.24. The summed E-state index contributed by atoms with van der Waals surface area (Å²) in [5.74, 6) is 0.645. The largest absolute Gasteiger partial charge is 0.382 e. The lowest BCUT2D eigenvalue weighted by Crippen LogP contribution is -2.52. The maximum Gasteiger partial charge on any atom is 0.225 e. The normalized spacial score (nSPS) is 24.1. The Morgan fingerprint density at radius 3 is 2.07 bits per heavy atom. The van der Waals surface area contributed by atoms with Gasteiger partial charge in [-0.25, -0.2) is 0 Å². The van der Waals surface area contributed by atoms with E-state index in [1.54, 1.807) is 6.92 Å². The van der Waals surface area contributed by atoms with Crippen LogP contribution in [0.3, 0.4) is 0 Å². The van der Waals surface area contributed by atoms with E-state index < -0.39 is 0 Å². The SMILES string of the molecule is CC(=O)c1ccc(N[C@H]2CC[C@H](C(=O)N3CCN(C(C)C)CC3)CC2)cc1. The summed E-state index contributed by atoms with van der Waals surface area (Å²) in [7, 11) is 0. The standard InChI is InChI=1S/C22H33N3O2/c1-16(2)24-12-14-25(15-13-24)22(27)19-6-10-21(11-7-19)23-20-8-4-18(5-9-20)17(3)26/h4-5,8-9,16,19,21,23H,6-7,10-15H2,1-3H3/t19-,21-. The van der Waals surface area contributed by atoms with Crippen LogP contribution in [-0.2, 0) is 4.79 Å². The number of carbonyl (C=O) groups excluding carboxylic acids is 2. The minimum Gasteiger partial charge on any atom is -0.382 e. The number of hydrogen-bond acceptors (Lipinski definition) is 4. The molecule has 0 atom stereocenters. The van der Waals surface area contributed by atoms with E-state index in [9.17, 15) is 9.59 Å². The van der Waals surface area contributed by atoms with Crippen LogP contribution < -0.4 is 5.32 Å². The van der Waals surface area contributed by atoms with Crippen molar-refractivity contribution in [2.24, 2.45) is 5.92 Å². The van der Waals surface area contributed by atoms with Gasteiger partial charge in [0.25, 0.3) is 0 Å². The maximum atomic E-state index is 12.9. The van der Waals surface area contributed by atoms with E-state index in [0.717, 1.165) is 63.1 Å². The number of carbonyl (C=O) groups is 2. The zero-order chi connectivity index (χ0) is 19.4. The first-order valence-corrected chi connectivity index (χ1v) is 10.3. The monoisotopic (exact) mass is 371 g/mol. The number of piperazine rings is 1.